The molecule has 1 aromatic carbocycles. The van der Waals surface area contributed by atoms with Gasteiger partial charge in [0.2, 0.25) is 5.91 Å². The zero-order valence-corrected chi connectivity index (χ0v) is 14.2. The van der Waals surface area contributed by atoms with Gasteiger partial charge in [0.15, 0.2) is 11.2 Å². The minimum Gasteiger partial charge on any atom is -0.319 e. The molecule has 1 N–H and O–H groups in total. The maximum atomic E-state index is 13.7. The van der Waals surface area contributed by atoms with Gasteiger partial charge in [-0.15, -0.1) is 0 Å². The first-order valence-corrected chi connectivity index (χ1v) is 7.61. The molecule has 0 aliphatic rings. The number of hydrogen-bond donors (Lipinski definition) is 1. The number of imidazole rings is 1. The summed E-state index contributed by atoms with van der Waals surface area (Å²) < 4.78 is 30.8. The number of fused-ring (bicyclic) bond motifs is 1. The number of carbonyl (C=O) groups excluding carboxylic acids is 1. The van der Waals surface area contributed by atoms with E-state index in [9.17, 15) is 23.2 Å². The van der Waals surface area contributed by atoms with Crippen molar-refractivity contribution in [3.05, 3.63) is 57.0 Å². The largest absolute Gasteiger partial charge is 0.332 e. The lowest BCUT2D eigenvalue weighted by Crippen LogP contribution is -2.38. The highest BCUT2D eigenvalue weighted by Gasteiger charge is 2.23. The van der Waals surface area contributed by atoms with E-state index in [1.165, 1.54) is 42.5 Å². The average molecular weight is 363 g/mol. The van der Waals surface area contributed by atoms with Gasteiger partial charge in [-0.25, -0.2) is 18.6 Å². The Morgan fingerprint density at radius 2 is 1.77 bits per heavy atom. The molecule has 1 atom stereocenters. The van der Waals surface area contributed by atoms with Crippen molar-refractivity contribution < 1.29 is 13.6 Å². The fourth-order valence-corrected chi connectivity index (χ4v) is 2.63. The first kappa shape index (κ1) is 17.5. The lowest BCUT2D eigenvalue weighted by Gasteiger charge is -2.15. The molecule has 1 unspecified atom stereocenters. The number of carbonyl (C=O) groups is 1. The summed E-state index contributed by atoms with van der Waals surface area (Å²) in [4.78, 5) is 40.8. The van der Waals surface area contributed by atoms with Crippen LogP contribution in [0, 0.1) is 11.6 Å². The average Bonchev–Trinajstić information content (AvgIpc) is 3.05. The van der Waals surface area contributed by atoms with E-state index in [4.69, 9.17) is 0 Å². The summed E-state index contributed by atoms with van der Waals surface area (Å²) in [7, 11) is 2.75. The highest BCUT2D eigenvalue weighted by Crippen LogP contribution is 2.21. The number of hydrogen-bond acceptors (Lipinski definition) is 4. The molecule has 0 aliphatic heterocycles. The fraction of sp³-hybridized carbons (Fsp3) is 0.250. The number of nitrogens with one attached hydrogen (secondary N) is 1. The van der Waals surface area contributed by atoms with Crippen molar-refractivity contribution in [2.75, 3.05) is 5.32 Å². The predicted molar refractivity (Wildman–Crippen MR) is 89.9 cm³/mol. The van der Waals surface area contributed by atoms with E-state index in [2.05, 4.69) is 10.3 Å². The molecule has 0 fully saturated rings. The van der Waals surface area contributed by atoms with Crippen LogP contribution in [-0.2, 0) is 18.9 Å². The second kappa shape index (κ2) is 6.21. The van der Waals surface area contributed by atoms with Gasteiger partial charge in [0.1, 0.15) is 23.4 Å². The molecule has 3 aromatic rings. The molecule has 136 valence electrons. The third kappa shape index (κ3) is 2.59. The van der Waals surface area contributed by atoms with Crippen LogP contribution in [0.4, 0.5) is 14.5 Å². The van der Waals surface area contributed by atoms with E-state index in [0.29, 0.717) is 0 Å². The summed E-state index contributed by atoms with van der Waals surface area (Å²) in [5.41, 5.74) is -1.62. The number of benzene rings is 1. The third-order valence-electron chi connectivity index (χ3n) is 4.18. The summed E-state index contributed by atoms with van der Waals surface area (Å²) >= 11 is 0. The van der Waals surface area contributed by atoms with Crippen LogP contribution >= 0.6 is 0 Å². The zero-order chi connectivity index (χ0) is 19.2. The zero-order valence-electron chi connectivity index (χ0n) is 14.2. The lowest BCUT2D eigenvalue weighted by molar-refractivity contribution is -0.118. The van der Waals surface area contributed by atoms with E-state index in [-0.39, 0.29) is 11.2 Å². The quantitative estimate of drug-likeness (QED) is 0.749. The maximum Gasteiger partial charge on any atom is 0.332 e. The Labute approximate surface area is 145 Å². The monoisotopic (exact) mass is 363 g/mol. The molecule has 26 heavy (non-hydrogen) atoms. The summed E-state index contributed by atoms with van der Waals surface area (Å²) in [6.07, 6.45) is 1.23. The minimum atomic E-state index is -1.01. The van der Waals surface area contributed by atoms with Gasteiger partial charge in [-0.05, 0) is 19.1 Å². The van der Waals surface area contributed by atoms with Crippen molar-refractivity contribution in [2.24, 2.45) is 14.1 Å². The van der Waals surface area contributed by atoms with Crippen LogP contribution in [0.5, 0.6) is 0 Å². The van der Waals surface area contributed by atoms with Crippen LogP contribution in [0.3, 0.4) is 0 Å². The van der Waals surface area contributed by atoms with Crippen LogP contribution in [0.1, 0.15) is 13.0 Å². The topological polar surface area (TPSA) is 90.9 Å². The molecule has 0 saturated carbocycles. The fourth-order valence-electron chi connectivity index (χ4n) is 2.63. The number of aromatic nitrogens is 4. The van der Waals surface area contributed by atoms with E-state index < -0.39 is 40.5 Å². The molecule has 0 spiro atoms. The molecule has 2 heterocycles. The first-order chi connectivity index (χ1) is 12.2. The van der Waals surface area contributed by atoms with Crippen LogP contribution in [0.2, 0.25) is 0 Å². The highest BCUT2D eigenvalue weighted by molar-refractivity contribution is 5.94. The van der Waals surface area contributed by atoms with Gasteiger partial charge in [0, 0.05) is 14.1 Å². The van der Waals surface area contributed by atoms with Crippen molar-refractivity contribution in [3.63, 3.8) is 0 Å². The van der Waals surface area contributed by atoms with Crippen molar-refractivity contribution >= 4 is 22.8 Å². The number of nitrogens with zero attached hydrogens (tertiary/aromatic N) is 4. The highest BCUT2D eigenvalue weighted by atomic mass is 19.1. The van der Waals surface area contributed by atoms with Gasteiger partial charge >= 0.3 is 5.69 Å². The van der Waals surface area contributed by atoms with Crippen LogP contribution in [0.15, 0.2) is 34.1 Å². The molecule has 0 saturated heterocycles. The number of amides is 1. The number of rotatable bonds is 3. The molecule has 2 aromatic heterocycles. The van der Waals surface area contributed by atoms with Crippen molar-refractivity contribution in [3.8, 4) is 0 Å². The smallest absolute Gasteiger partial charge is 0.319 e. The summed E-state index contributed by atoms with van der Waals surface area (Å²) in [5.74, 6) is -2.58. The number of anilines is 1. The lowest BCUT2D eigenvalue weighted by atomic mass is 10.2. The Bertz CT molecular complexity index is 1120. The van der Waals surface area contributed by atoms with Gasteiger partial charge in [0.25, 0.3) is 5.56 Å². The standard InChI is InChI=1S/C16H15F2N5O3/c1-8(14(24)20-11-9(17)5-4-6-10(11)18)23-7-19-13-12(23)15(25)22(3)16(26)21(13)2/h4-8H,1-3H3,(H,20,24). The van der Waals surface area contributed by atoms with Gasteiger partial charge in [0.05, 0.1) is 6.33 Å². The minimum absolute atomic E-state index is 0.0336. The molecular formula is C16H15F2N5O3. The van der Waals surface area contributed by atoms with Gasteiger partial charge in [-0.1, -0.05) is 6.07 Å². The van der Waals surface area contributed by atoms with Gasteiger partial charge in [-0.3, -0.25) is 18.7 Å². The Morgan fingerprint density at radius 3 is 2.38 bits per heavy atom. The van der Waals surface area contributed by atoms with Crippen LogP contribution in [0.25, 0.3) is 11.2 Å². The Morgan fingerprint density at radius 1 is 1.15 bits per heavy atom. The molecule has 0 radical (unpaired) electrons. The van der Waals surface area contributed by atoms with Crippen molar-refractivity contribution in [1.82, 2.24) is 18.7 Å². The number of halogens is 2. The van der Waals surface area contributed by atoms with Gasteiger partial charge < -0.3 is 9.88 Å². The Balaban J connectivity index is 2.06. The second-order valence-electron chi connectivity index (χ2n) is 5.79. The van der Waals surface area contributed by atoms with Gasteiger partial charge in [-0.2, -0.15) is 0 Å². The molecule has 10 heteroatoms. The molecule has 0 aliphatic carbocycles. The molecule has 8 nitrogen and oxygen atoms in total. The maximum absolute atomic E-state index is 13.7. The Kier molecular flexibility index (Phi) is 4.18. The Hall–Kier alpha value is -3.30. The van der Waals surface area contributed by atoms with Crippen molar-refractivity contribution in [1.29, 1.82) is 0 Å². The SMILES string of the molecule is CC(C(=O)Nc1c(F)cccc1F)n1cnc2c1c(=O)n(C)c(=O)n2C. The van der Waals surface area contributed by atoms with E-state index in [1.54, 1.807) is 0 Å². The predicted octanol–water partition coefficient (Wildman–Crippen LogP) is 0.912. The second-order valence-corrected chi connectivity index (χ2v) is 5.79. The molecule has 3 rings (SSSR count). The summed E-state index contributed by atoms with van der Waals surface area (Å²) in [6.45, 7) is 1.44. The van der Waals surface area contributed by atoms with Crippen LogP contribution in [-0.4, -0.2) is 24.6 Å². The third-order valence-corrected chi connectivity index (χ3v) is 4.18. The first-order valence-electron chi connectivity index (χ1n) is 7.61. The van der Waals surface area contributed by atoms with E-state index in [1.807, 2.05) is 0 Å². The van der Waals surface area contributed by atoms with E-state index in [0.717, 1.165) is 16.7 Å². The molecule has 0 bridgehead atoms. The molecular weight excluding hydrogens is 348 g/mol. The van der Waals surface area contributed by atoms with Crippen molar-refractivity contribution in [2.45, 2.75) is 13.0 Å². The van der Waals surface area contributed by atoms with Crippen LogP contribution < -0.4 is 16.6 Å². The number of para-hydroxylation sites is 1. The normalized spacial score (nSPS) is 12.3. The van der Waals surface area contributed by atoms with E-state index >= 15 is 0 Å². The summed E-state index contributed by atoms with van der Waals surface area (Å²) in [6, 6.07) is 2.20. The summed E-state index contributed by atoms with van der Waals surface area (Å²) in [5, 5.41) is 2.18. The number of aryl methyl sites for hydroxylation is 1. The molecule has 1 amide bonds.